The average molecular weight is 615 g/mol. The van der Waals surface area contributed by atoms with Gasteiger partial charge >= 0.3 is 0 Å². The number of carbonyl (C=O) groups is 1. The van der Waals surface area contributed by atoms with Crippen LogP contribution in [0.5, 0.6) is 17.2 Å². The Morgan fingerprint density at radius 1 is 1.02 bits per heavy atom. The van der Waals surface area contributed by atoms with Crippen LogP contribution in [0.2, 0.25) is 5.02 Å². The van der Waals surface area contributed by atoms with Crippen LogP contribution in [0.3, 0.4) is 0 Å². The Hall–Kier alpha value is -4.30. The number of aliphatic imine (C=N–C) groups is 1. The van der Waals surface area contributed by atoms with Crippen LogP contribution < -0.4 is 14.2 Å². The van der Waals surface area contributed by atoms with Crippen molar-refractivity contribution in [2.24, 2.45) is 10.9 Å². The van der Waals surface area contributed by atoms with Gasteiger partial charge in [0.2, 0.25) is 0 Å². The van der Waals surface area contributed by atoms with E-state index in [0.717, 1.165) is 34.7 Å². The third kappa shape index (κ3) is 6.60. The van der Waals surface area contributed by atoms with Crippen LogP contribution in [0.1, 0.15) is 36.2 Å². The van der Waals surface area contributed by atoms with Crippen molar-refractivity contribution >= 4 is 23.3 Å². The zero-order valence-electron chi connectivity index (χ0n) is 25.9. The third-order valence-corrected chi connectivity index (χ3v) is 8.43. The van der Waals surface area contributed by atoms with E-state index >= 15 is 0 Å². The molecular formula is C35H39ClN4O4. The minimum atomic E-state index is -0.195. The summed E-state index contributed by atoms with van der Waals surface area (Å²) in [6.45, 7) is 5.30. The molecule has 8 nitrogen and oxygen atoms in total. The van der Waals surface area contributed by atoms with Gasteiger partial charge in [-0.1, -0.05) is 43.7 Å². The molecule has 2 atom stereocenters. The quantitative estimate of drug-likeness (QED) is 0.226. The fourth-order valence-electron chi connectivity index (χ4n) is 5.69. The van der Waals surface area contributed by atoms with Crippen LogP contribution in [0.15, 0.2) is 84.3 Å². The highest BCUT2D eigenvalue weighted by Gasteiger charge is 2.38. The van der Waals surface area contributed by atoms with E-state index in [1.54, 1.807) is 32.5 Å². The summed E-state index contributed by atoms with van der Waals surface area (Å²) in [5.74, 6) is 2.76. The van der Waals surface area contributed by atoms with Crippen LogP contribution in [-0.4, -0.2) is 73.0 Å². The fraction of sp³-hybridized carbons (Fsp3) is 0.343. The molecule has 0 fully saturated rings. The van der Waals surface area contributed by atoms with E-state index in [2.05, 4.69) is 42.1 Å². The molecule has 0 N–H and O–H groups in total. The van der Waals surface area contributed by atoms with E-state index < -0.39 is 0 Å². The van der Waals surface area contributed by atoms with Crippen LogP contribution >= 0.6 is 11.6 Å². The van der Waals surface area contributed by atoms with Crippen molar-refractivity contribution in [1.29, 1.82) is 0 Å². The second kappa shape index (κ2) is 14.0. The molecule has 0 spiro atoms. The number of fused-ring (bicyclic) bond motifs is 1. The number of pyridine rings is 1. The predicted octanol–water partition coefficient (Wildman–Crippen LogP) is 6.69. The Labute approximate surface area is 264 Å². The number of hydrogen-bond donors (Lipinski definition) is 0. The van der Waals surface area contributed by atoms with E-state index in [1.165, 1.54) is 7.11 Å². The Kier molecular flexibility index (Phi) is 9.90. The fourth-order valence-corrected chi connectivity index (χ4v) is 6.01. The lowest BCUT2D eigenvalue weighted by Crippen LogP contribution is -2.45. The number of benzene rings is 2. The van der Waals surface area contributed by atoms with Gasteiger partial charge in [0.25, 0.3) is 5.91 Å². The zero-order valence-corrected chi connectivity index (χ0v) is 26.6. The summed E-state index contributed by atoms with van der Waals surface area (Å²) in [5.41, 5.74) is 3.54. The Balaban J connectivity index is 1.48. The number of methoxy groups -OCH3 is 3. The number of hydrogen-bond acceptors (Lipinski definition) is 7. The molecule has 2 aromatic carbocycles. The number of carbonyl (C=O) groups excluding carboxylic acids is 1. The SMILES string of the molecule is COc1ccc(-c2cccnc2)cc1CC1C(CN(CCC(C)C)C(=O)c2ccc(OC)c(OC)c2Cl)N=C2C=CC=CN21. The lowest BCUT2D eigenvalue weighted by molar-refractivity contribution is 0.0729. The van der Waals surface area contributed by atoms with Crippen molar-refractivity contribution in [2.45, 2.75) is 38.8 Å². The molecule has 230 valence electrons. The lowest BCUT2D eigenvalue weighted by atomic mass is 9.95. The number of allylic oxidation sites excluding steroid dienone is 2. The molecule has 1 amide bonds. The van der Waals surface area contributed by atoms with Crippen LogP contribution in [-0.2, 0) is 6.42 Å². The molecule has 0 saturated heterocycles. The maximum absolute atomic E-state index is 14.1. The highest BCUT2D eigenvalue weighted by atomic mass is 35.5. The molecule has 5 rings (SSSR count). The van der Waals surface area contributed by atoms with Crippen LogP contribution in [0.25, 0.3) is 11.1 Å². The molecule has 2 aliphatic heterocycles. The topological polar surface area (TPSA) is 76.5 Å². The first-order valence-electron chi connectivity index (χ1n) is 14.8. The monoisotopic (exact) mass is 614 g/mol. The normalized spacial score (nSPS) is 17.0. The van der Waals surface area contributed by atoms with E-state index in [-0.39, 0.29) is 23.0 Å². The number of nitrogens with zero attached hydrogens (tertiary/aromatic N) is 4. The molecule has 44 heavy (non-hydrogen) atoms. The summed E-state index contributed by atoms with van der Waals surface area (Å²) in [6.07, 6.45) is 13.2. The Morgan fingerprint density at radius 2 is 1.82 bits per heavy atom. The molecule has 0 radical (unpaired) electrons. The summed E-state index contributed by atoms with van der Waals surface area (Å²) >= 11 is 6.72. The summed E-state index contributed by atoms with van der Waals surface area (Å²) in [4.78, 5) is 27.7. The minimum absolute atomic E-state index is 0.0422. The number of amidine groups is 1. The molecule has 9 heteroatoms. The largest absolute Gasteiger partial charge is 0.496 e. The highest BCUT2D eigenvalue weighted by Crippen LogP contribution is 2.38. The van der Waals surface area contributed by atoms with E-state index in [4.69, 9.17) is 30.8 Å². The van der Waals surface area contributed by atoms with Crippen molar-refractivity contribution in [2.75, 3.05) is 34.4 Å². The van der Waals surface area contributed by atoms with E-state index in [0.29, 0.717) is 42.5 Å². The first-order chi connectivity index (χ1) is 21.3. The highest BCUT2D eigenvalue weighted by molar-refractivity contribution is 6.35. The van der Waals surface area contributed by atoms with Gasteiger partial charge in [-0.25, -0.2) is 0 Å². The van der Waals surface area contributed by atoms with Gasteiger partial charge in [0.15, 0.2) is 11.5 Å². The number of halogens is 1. The van der Waals surface area contributed by atoms with Gasteiger partial charge in [0, 0.05) is 37.2 Å². The van der Waals surface area contributed by atoms with Crippen molar-refractivity contribution in [3.05, 3.63) is 95.4 Å². The molecular weight excluding hydrogens is 576 g/mol. The molecule has 1 aromatic heterocycles. The zero-order chi connectivity index (χ0) is 31.2. The average Bonchev–Trinajstić information content (AvgIpc) is 3.39. The van der Waals surface area contributed by atoms with Crippen molar-refractivity contribution in [3.8, 4) is 28.4 Å². The van der Waals surface area contributed by atoms with Gasteiger partial charge in [-0.15, -0.1) is 0 Å². The predicted molar refractivity (Wildman–Crippen MR) is 175 cm³/mol. The van der Waals surface area contributed by atoms with Crippen molar-refractivity contribution in [1.82, 2.24) is 14.8 Å². The number of rotatable bonds is 12. The molecule has 2 aliphatic rings. The standard InChI is InChI=1S/C35H39ClN4O4/c1-23(2)15-18-39(35(41)27-12-14-31(43-4)34(44-5)33(27)36)22-28-29(40-17-7-6-10-32(40)38-28)20-26-19-24(11-13-30(26)42-3)25-9-8-16-37-21-25/h6-14,16-17,19,21,23,28-29H,15,18,20,22H2,1-5H3. The van der Waals surface area contributed by atoms with E-state index in [1.807, 2.05) is 47.5 Å². The Morgan fingerprint density at radius 3 is 2.52 bits per heavy atom. The van der Waals surface area contributed by atoms with Gasteiger partial charge in [-0.3, -0.25) is 14.8 Å². The summed E-state index contributed by atoms with van der Waals surface area (Å²) in [6, 6.07) is 13.4. The molecule has 3 heterocycles. The van der Waals surface area contributed by atoms with Crippen molar-refractivity contribution < 1.29 is 19.0 Å². The number of amides is 1. The van der Waals surface area contributed by atoms with Gasteiger partial charge < -0.3 is 24.0 Å². The molecule has 2 unspecified atom stereocenters. The van der Waals surface area contributed by atoms with Gasteiger partial charge in [-0.2, -0.15) is 0 Å². The third-order valence-electron chi connectivity index (χ3n) is 8.06. The summed E-state index contributed by atoms with van der Waals surface area (Å²) in [7, 11) is 4.75. The molecule has 3 aromatic rings. The van der Waals surface area contributed by atoms with Crippen molar-refractivity contribution in [3.63, 3.8) is 0 Å². The summed E-state index contributed by atoms with van der Waals surface area (Å²) in [5, 5.41) is 0.237. The molecule has 0 saturated carbocycles. The lowest BCUT2D eigenvalue weighted by Gasteiger charge is -2.32. The Bertz CT molecular complexity index is 1570. The maximum atomic E-state index is 14.1. The second-order valence-corrected chi connectivity index (χ2v) is 11.7. The maximum Gasteiger partial charge on any atom is 0.255 e. The minimum Gasteiger partial charge on any atom is -0.496 e. The molecule has 0 bridgehead atoms. The first kappa shape index (κ1) is 31.1. The van der Waals surface area contributed by atoms with Crippen LogP contribution in [0, 0.1) is 5.92 Å². The first-order valence-corrected chi connectivity index (χ1v) is 15.2. The van der Waals surface area contributed by atoms with Gasteiger partial charge in [-0.05, 0) is 72.4 Å². The smallest absolute Gasteiger partial charge is 0.255 e. The number of aromatic nitrogens is 1. The van der Waals surface area contributed by atoms with Gasteiger partial charge in [0.1, 0.15) is 11.6 Å². The van der Waals surface area contributed by atoms with Crippen LogP contribution in [0.4, 0.5) is 0 Å². The summed E-state index contributed by atoms with van der Waals surface area (Å²) < 4.78 is 16.7. The van der Waals surface area contributed by atoms with Gasteiger partial charge in [0.05, 0.1) is 44.0 Å². The second-order valence-electron chi connectivity index (χ2n) is 11.3. The van der Waals surface area contributed by atoms with E-state index in [9.17, 15) is 4.79 Å². The number of ether oxygens (including phenoxy) is 3. The molecule has 0 aliphatic carbocycles.